The van der Waals surface area contributed by atoms with E-state index in [9.17, 15) is 4.79 Å². The zero-order valence-electron chi connectivity index (χ0n) is 15.0. The van der Waals surface area contributed by atoms with E-state index in [1.807, 2.05) is 24.1 Å². The first kappa shape index (κ1) is 18.9. The maximum Gasteiger partial charge on any atom is 0.222 e. The van der Waals surface area contributed by atoms with Gasteiger partial charge in [0.1, 0.15) is 0 Å². The molecular weight excluding hydrogens is 318 g/mol. The van der Waals surface area contributed by atoms with E-state index in [2.05, 4.69) is 31.0 Å². The molecule has 0 spiro atoms. The minimum Gasteiger partial charge on any atom is -0.346 e. The fraction of sp³-hybridized carbons (Fsp3) is 0.579. The number of nitrogens with two attached hydrogens (primary N) is 1. The molecule has 1 unspecified atom stereocenters. The number of carbonyl (C=O) groups is 1. The molecule has 0 aliphatic carbocycles. The van der Waals surface area contributed by atoms with E-state index in [1.54, 1.807) is 11.3 Å². The molecular formula is C19H29N3OS. The van der Waals surface area contributed by atoms with E-state index in [-0.39, 0.29) is 11.9 Å². The first-order chi connectivity index (χ1) is 11.5. The van der Waals surface area contributed by atoms with Gasteiger partial charge in [0.2, 0.25) is 5.91 Å². The monoisotopic (exact) mass is 347 g/mol. The summed E-state index contributed by atoms with van der Waals surface area (Å²) < 4.78 is 1.24. The molecule has 1 atom stereocenters. The van der Waals surface area contributed by atoms with Gasteiger partial charge in [0.15, 0.2) is 0 Å². The summed E-state index contributed by atoms with van der Waals surface area (Å²) >= 11 is 1.76. The highest BCUT2D eigenvalue weighted by molar-refractivity contribution is 7.18. The lowest BCUT2D eigenvalue weighted by Crippen LogP contribution is -2.34. The Morgan fingerprint density at radius 3 is 2.75 bits per heavy atom. The van der Waals surface area contributed by atoms with Gasteiger partial charge in [0.05, 0.1) is 15.2 Å². The van der Waals surface area contributed by atoms with E-state index in [1.165, 1.54) is 9.71 Å². The first-order valence-corrected chi connectivity index (χ1v) is 9.63. The molecule has 1 aromatic heterocycles. The van der Waals surface area contributed by atoms with Gasteiger partial charge in [-0.1, -0.05) is 26.0 Å². The van der Waals surface area contributed by atoms with Gasteiger partial charge >= 0.3 is 0 Å². The standard InChI is InChI=1S/C19H29N3OS/c1-14(2)15(20)12-13-22(3)19(23)11-7-6-10-18-21-16-8-4-5-9-17(16)24-18/h4-5,8-9,14-15H,6-7,10-13,20H2,1-3H3. The van der Waals surface area contributed by atoms with Crippen molar-refractivity contribution in [1.29, 1.82) is 0 Å². The molecule has 24 heavy (non-hydrogen) atoms. The topological polar surface area (TPSA) is 59.2 Å². The van der Waals surface area contributed by atoms with Crippen LogP contribution < -0.4 is 5.73 Å². The van der Waals surface area contributed by atoms with Gasteiger partial charge in [-0.25, -0.2) is 4.98 Å². The van der Waals surface area contributed by atoms with Crippen molar-refractivity contribution in [2.75, 3.05) is 13.6 Å². The Hall–Kier alpha value is -1.46. The Balaban J connectivity index is 1.66. The molecule has 0 aliphatic heterocycles. The van der Waals surface area contributed by atoms with E-state index in [4.69, 9.17) is 5.73 Å². The molecule has 5 heteroatoms. The SMILES string of the molecule is CC(C)C(N)CCN(C)C(=O)CCCCc1nc2ccccc2s1. The number of para-hydroxylation sites is 1. The first-order valence-electron chi connectivity index (χ1n) is 8.81. The summed E-state index contributed by atoms with van der Waals surface area (Å²) in [6, 6.07) is 8.39. The van der Waals surface area contributed by atoms with E-state index in [0.717, 1.165) is 37.7 Å². The van der Waals surface area contributed by atoms with Gasteiger partial charge in [0, 0.05) is 26.1 Å². The number of hydrogen-bond acceptors (Lipinski definition) is 4. The molecule has 1 aromatic carbocycles. The summed E-state index contributed by atoms with van der Waals surface area (Å²) in [5, 5.41) is 1.17. The summed E-state index contributed by atoms with van der Waals surface area (Å²) in [7, 11) is 1.88. The van der Waals surface area contributed by atoms with Crippen molar-refractivity contribution in [2.45, 2.75) is 52.0 Å². The minimum absolute atomic E-state index is 0.166. The highest BCUT2D eigenvalue weighted by Crippen LogP contribution is 2.22. The number of aromatic nitrogens is 1. The third kappa shape index (κ3) is 5.56. The number of hydrogen-bond donors (Lipinski definition) is 1. The smallest absolute Gasteiger partial charge is 0.222 e. The second-order valence-corrected chi connectivity index (χ2v) is 7.91. The van der Waals surface area contributed by atoms with Crippen molar-refractivity contribution in [3.63, 3.8) is 0 Å². The lowest BCUT2D eigenvalue weighted by atomic mass is 10.0. The fourth-order valence-corrected chi connectivity index (χ4v) is 3.58. The summed E-state index contributed by atoms with van der Waals surface area (Å²) in [4.78, 5) is 18.6. The Morgan fingerprint density at radius 2 is 2.04 bits per heavy atom. The molecule has 2 aromatic rings. The molecule has 0 saturated heterocycles. The van der Waals surface area contributed by atoms with E-state index >= 15 is 0 Å². The Morgan fingerprint density at radius 1 is 1.29 bits per heavy atom. The lowest BCUT2D eigenvalue weighted by molar-refractivity contribution is -0.130. The van der Waals surface area contributed by atoms with Crippen LogP contribution >= 0.6 is 11.3 Å². The quantitative estimate of drug-likeness (QED) is 0.701. The molecule has 0 bridgehead atoms. The third-order valence-electron chi connectivity index (χ3n) is 4.45. The van der Waals surface area contributed by atoms with Gasteiger partial charge in [0.25, 0.3) is 0 Å². The third-order valence-corrected chi connectivity index (χ3v) is 5.55. The summed E-state index contributed by atoms with van der Waals surface area (Å²) in [6.07, 6.45) is 4.35. The lowest BCUT2D eigenvalue weighted by Gasteiger charge is -2.21. The molecule has 132 valence electrons. The van der Waals surface area contributed by atoms with Crippen LogP contribution in [-0.4, -0.2) is 35.4 Å². The zero-order chi connectivity index (χ0) is 17.5. The second kappa shape index (κ2) is 9.14. The van der Waals surface area contributed by atoms with Crippen LogP contribution in [0, 0.1) is 5.92 Å². The molecule has 1 heterocycles. The fourth-order valence-electron chi connectivity index (χ4n) is 2.57. The number of amides is 1. The zero-order valence-corrected chi connectivity index (χ0v) is 15.8. The molecule has 0 fully saturated rings. The normalized spacial score (nSPS) is 12.7. The number of aryl methyl sites for hydroxylation is 1. The average molecular weight is 348 g/mol. The summed E-state index contributed by atoms with van der Waals surface area (Å²) in [5.41, 5.74) is 7.12. The van der Waals surface area contributed by atoms with Crippen LogP contribution in [0.15, 0.2) is 24.3 Å². The number of rotatable bonds is 9. The van der Waals surface area contributed by atoms with Crippen LogP contribution in [-0.2, 0) is 11.2 Å². The predicted octanol–water partition coefficient (Wildman–Crippen LogP) is 3.84. The van der Waals surface area contributed by atoms with Crippen molar-refractivity contribution in [1.82, 2.24) is 9.88 Å². The van der Waals surface area contributed by atoms with Gasteiger partial charge in [-0.3, -0.25) is 4.79 Å². The average Bonchev–Trinajstić information content (AvgIpc) is 2.98. The predicted molar refractivity (Wildman–Crippen MR) is 102 cm³/mol. The van der Waals surface area contributed by atoms with Crippen molar-refractivity contribution >= 4 is 27.5 Å². The van der Waals surface area contributed by atoms with Crippen LogP contribution in [0.4, 0.5) is 0 Å². The van der Waals surface area contributed by atoms with Crippen molar-refractivity contribution in [3.05, 3.63) is 29.3 Å². The van der Waals surface area contributed by atoms with Crippen LogP contribution in [0.1, 0.15) is 44.5 Å². The van der Waals surface area contributed by atoms with Gasteiger partial charge in [-0.2, -0.15) is 0 Å². The van der Waals surface area contributed by atoms with Crippen LogP contribution in [0.5, 0.6) is 0 Å². The number of thiazole rings is 1. The maximum atomic E-state index is 12.1. The Bertz CT molecular complexity index is 620. The summed E-state index contributed by atoms with van der Waals surface area (Å²) in [6.45, 7) is 4.99. The molecule has 1 amide bonds. The highest BCUT2D eigenvalue weighted by atomic mass is 32.1. The minimum atomic E-state index is 0.166. The molecule has 0 aliphatic rings. The largest absolute Gasteiger partial charge is 0.346 e. The molecule has 0 radical (unpaired) electrons. The van der Waals surface area contributed by atoms with Crippen molar-refractivity contribution in [2.24, 2.45) is 11.7 Å². The van der Waals surface area contributed by atoms with Crippen LogP contribution in [0.2, 0.25) is 0 Å². The second-order valence-electron chi connectivity index (χ2n) is 6.79. The molecule has 0 saturated carbocycles. The van der Waals surface area contributed by atoms with Gasteiger partial charge in [-0.15, -0.1) is 11.3 Å². The Kier molecular flexibility index (Phi) is 7.18. The van der Waals surface area contributed by atoms with Crippen LogP contribution in [0.25, 0.3) is 10.2 Å². The molecule has 2 rings (SSSR count). The van der Waals surface area contributed by atoms with Gasteiger partial charge in [-0.05, 0) is 43.7 Å². The van der Waals surface area contributed by atoms with E-state index in [0.29, 0.717) is 12.3 Å². The van der Waals surface area contributed by atoms with Crippen molar-refractivity contribution in [3.8, 4) is 0 Å². The van der Waals surface area contributed by atoms with E-state index < -0.39 is 0 Å². The molecule has 4 nitrogen and oxygen atoms in total. The number of fused-ring (bicyclic) bond motifs is 1. The number of benzene rings is 1. The van der Waals surface area contributed by atoms with Gasteiger partial charge < -0.3 is 10.6 Å². The number of unbranched alkanes of at least 4 members (excludes halogenated alkanes) is 1. The number of nitrogens with zero attached hydrogens (tertiary/aromatic N) is 2. The maximum absolute atomic E-state index is 12.1. The van der Waals surface area contributed by atoms with Crippen LogP contribution in [0.3, 0.4) is 0 Å². The summed E-state index contributed by atoms with van der Waals surface area (Å²) in [5.74, 6) is 0.678. The Labute approximate surface area is 149 Å². The molecule has 2 N–H and O–H groups in total. The number of carbonyl (C=O) groups excluding carboxylic acids is 1. The van der Waals surface area contributed by atoms with Crippen molar-refractivity contribution < 1.29 is 4.79 Å². The highest BCUT2D eigenvalue weighted by Gasteiger charge is 2.12.